The summed E-state index contributed by atoms with van der Waals surface area (Å²) in [5.41, 5.74) is 2.75. The summed E-state index contributed by atoms with van der Waals surface area (Å²) in [4.78, 5) is 0. The van der Waals surface area contributed by atoms with E-state index < -0.39 is 0 Å². The molecule has 0 saturated carbocycles. The molecule has 2 rings (SSSR count). The Balaban J connectivity index is 2.35. The molecule has 0 bridgehead atoms. The van der Waals surface area contributed by atoms with E-state index in [0.717, 1.165) is 18.8 Å². The van der Waals surface area contributed by atoms with E-state index in [0.29, 0.717) is 0 Å². The second-order valence-electron chi connectivity index (χ2n) is 3.91. The van der Waals surface area contributed by atoms with Gasteiger partial charge in [0, 0.05) is 24.4 Å². The minimum atomic E-state index is 0.962. The van der Waals surface area contributed by atoms with Gasteiger partial charge in [-0.15, -0.1) is 0 Å². The molecule has 84 valence electrons. The third kappa shape index (κ3) is 2.14. The standard InChI is InChI=1S/C11H19N3S/c1-3-14-11-9(6-4-5-7-12-11)10(13-14)8-15-2/h12H,3-8H2,1-2H3. The maximum absolute atomic E-state index is 4.68. The number of nitrogens with one attached hydrogen (secondary N) is 1. The van der Waals surface area contributed by atoms with Crippen molar-refractivity contribution in [2.75, 3.05) is 18.1 Å². The lowest BCUT2D eigenvalue weighted by molar-refractivity contribution is 0.655. The number of aromatic nitrogens is 2. The van der Waals surface area contributed by atoms with E-state index in [1.54, 1.807) is 0 Å². The zero-order chi connectivity index (χ0) is 10.7. The molecule has 0 saturated heterocycles. The highest BCUT2D eigenvalue weighted by Crippen LogP contribution is 2.27. The molecule has 0 radical (unpaired) electrons. The number of anilines is 1. The Morgan fingerprint density at radius 3 is 3.07 bits per heavy atom. The van der Waals surface area contributed by atoms with Crippen molar-refractivity contribution >= 4 is 17.6 Å². The van der Waals surface area contributed by atoms with Crippen molar-refractivity contribution in [1.82, 2.24) is 9.78 Å². The highest BCUT2D eigenvalue weighted by Gasteiger charge is 2.18. The molecule has 1 aliphatic rings. The molecule has 1 aliphatic heterocycles. The minimum absolute atomic E-state index is 0.962. The molecule has 1 aromatic rings. The SMILES string of the molecule is CCn1nc(CSC)c2c1NCCCC2. The van der Waals surface area contributed by atoms with Crippen molar-refractivity contribution in [2.24, 2.45) is 0 Å². The Kier molecular flexibility index (Phi) is 3.57. The van der Waals surface area contributed by atoms with Gasteiger partial charge in [0.2, 0.25) is 0 Å². The van der Waals surface area contributed by atoms with E-state index in [4.69, 9.17) is 0 Å². The van der Waals surface area contributed by atoms with Crippen LogP contribution < -0.4 is 5.32 Å². The molecule has 3 nitrogen and oxygen atoms in total. The number of aryl methyl sites for hydroxylation is 1. The Hall–Kier alpha value is -0.640. The molecular weight excluding hydrogens is 206 g/mol. The van der Waals surface area contributed by atoms with Crippen LogP contribution in [-0.4, -0.2) is 22.6 Å². The molecule has 4 heteroatoms. The molecule has 0 aliphatic carbocycles. The molecule has 0 spiro atoms. The lowest BCUT2D eigenvalue weighted by atomic mass is 10.1. The third-order valence-electron chi connectivity index (χ3n) is 2.86. The van der Waals surface area contributed by atoms with Crippen molar-refractivity contribution < 1.29 is 0 Å². The first-order chi connectivity index (χ1) is 7.36. The van der Waals surface area contributed by atoms with Gasteiger partial charge in [0.05, 0.1) is 5.69 Å². The maximum atomic E-state index is 4.68. The van der Waals surface area contributed by atoms with Gasteiger partial charge < -0.3 is 5.32 Å². The average Bonchev–Trinajstić information content (AvgIpc) is 2.45. The lowest BCUT2D eigenvalue weighted by Crippen LogP contribution is -2.07. The van der Waals surface area contributed by atoms with Gasteiger partial charge in [0.1, 0.15) is 5.82 Å². The van der Waals surface area contributed by atoms with Crippen molar-refractivity contribution in [3.05, 3.63) is 11.3 Å². The monoisotopic (exact) mass is 225 g/mol. The van der Waals surface area contributed by atoms with Gasteiger partial charge in [0.25, 0.3) is 0 Å². The normalized spacial score (nSPS) is 15.6. The fourth-order valence-electron chi connectivity index (χ4n) is 2.12. The van der Waals surface area contributed by atoms with E-state index in [9.17, 15) is 0 Å². The van der Waals surface area contributed by atoms with E-state index >= 15 is 0 Å². The van der Waals surface area contributed by atoms with Gasteiger partial charge in [-0.1, -0.05) is 0 Å². The number of nitrogens with zero attached hydrogens (tertiary/aromatic N) is 2. The molecule has 1 N–H and O–H groups in total. The van der Waals surface area contributed by atoms with E-state index in [1.165, 1.54) is 36.3 Å². The topological polar surface area (TPSA) is 29.9 Å². The van der Waals surface area contributed by atoms with E-state index in [2.05, 4.69) is 28.3 Å². The number of thioether (sulfide) groups is 1. The van der Waals surface area contributed by atoms with Crippen LogP contribution >= 0.6 is 11.8 Å². The third-order valence-corrected chi connectivity index (χ3v) is 3.42. The largest absolute Gasteiger partial charge is 0.370 e. The fourth-order valence-corrected chi connectivity index (χ4v) is 2.63. The van der Waals surface area contributed by atoms with Crippen molar-refractivity contribution in [3.63, 3.8) is 0 Å². The summed E-state index contributed by atoms with van der Waals surface area (Å²) in [6.45, 7) is 4.21. The van der Waals surface area contributed by atoms with Gasteiger partial charge >= 0.3 is 0 Å². The first kappa shape index (κ1) is 10.9. The molecule has 1 aromatic heterocycles. The summed E-state index contributed by atoms with van der Waals surface area (Å²) in [6.07, 6.45) is 5.90. The van der Waals surface area contributed by atoms with E-state index in [-0.39, 0.29) is 0 Å². The summed E-state index contributed by atoms with van der Waals surface area (Å²) in [5, 5.41) is 8.19. The Morgan fingerprint density at radius 2 is 2.33 bits per heavy atom. The van der Waals surface area contributed by atoms with Gasteiger partial charge in [-0.3, -0.25) is 0 Å². The predicted molar refractivity (Wildman–Crippen MR) is 66.5 cm³/mol. The Morgan fingerprint density at radius 1 is 1.47 bits per heavy atom. The predicted octanol–water partition coefficient (Wildman–Crippen LogP) is 2.51. The zero-order valence-corrected chi connectivity index (χ0v) is 10.4. The van der Waals surface area contributed by atoms with Gasteiger partial charge in [-0.25, -0.2) is 4.68 Å². The van der Waals surface area contributed by atoms with Crippen LogP contribution in [0, 0.1) is 0 Å². The van der Waals surface area contributed by atoms with Crippen LogP contribution in [-0.2, 0) is 18.7 Å². The first-order valence-electron chi connectivity index (χ1n) is 5.68. The summed E-state index contributed by atoms with van der Waals surface area (Å²) in [7, 11) is 0. The van der Waals surface area contributed by atoms with Crippen molar-refractivity contribution in [1.29, 1.82) is 0 Å². The number of fused-ring (bicyclic) bond motifs is 1. The van der Waals surface area contributed by atoms with Crippen molar-refractivity contribution in [3.8, 4) is 0 Å². The van der Waals surface area contributed by atoms with Crippen LogP contribution in [0.2, 0.25) is 0 Å². The summed E-state index contributed by atoms with van der Waals surface area (Å²) < 4.78 is 2.12. The van der Waals surface area contributed by atoms with E-state index in [1.807, 2.05) is 11.8 Å². The molecule has 0 amide bonds. The molecule has 15 heavy (non-hydrogen) atoms. The van der Waals surface area contributed by atoms with Gasteiger partial charge in [-0.05, 0) is 32.4 Å². The highest BCUT2D eigenvalue weighted by molar-refractivity contribution is 7.97. The smallest absolute Gasteiger partial charge is 0.127 e. The Labute approximate surface area is 95.6 Å². The molecular formula is C11H19N3S. The number of rotatable bonds is 3. The zero-order valence-electron chi connectivity index (χ0n) is 9.55. The second-order valence-corrected chi connectivity index (χ2v) is 4.77. The van der Waals surface area contributed by atoms with Gasteiger partial charge in [-0.2, -0.15) is 16.9 Å². The summed E-state index contributed by atoms with van der Waals surface area (Å²) in [5.74, 6) is 2.32. The van der Waals surface area contributed by atoms with Crippen LogP contribution in [0.5, 0.6) is 0 Å². The van der Waals surface area contributed by atoms with Crippen molar-refractivity contribution in [2.45, 2.75) is 38.5 Å². The fraction of sp³-hybridized carbons (Fsp3) is 0.727. The highest BCUT2D eigenvalue weighted by atomic mass is 32.2. The van der Waals surface area contributed by atoms with Crippen LogP contribution in [0.1, 0.15) is 31.0 Å². The first-order valence-corrected chi connectivity index (χ1v) is 7.07. The number of hydrogen-bond donors (Lipinski definition) is 1. The molecule has 0 aromatic carbocycles. The lowest BCUT2D eigenvalue weighted by Gasteiger charge is -2.06. The van der Waals surface area contributed by atoms with Crippen LogP contribution in [0.25, 0.3) is 0 Å². The maximum Gasteiger partial charge on any atom is 0.127 e. The molecule has 0 unspecified atom stereocenters. The molecule has 0 atom stereocenters. The number of hydrogen-bond acceptors (Lipinski definition) is 3. The summed E-state index contributed by atoms with van der Waals surface area (Å²) >= 11 is 1.85. The average molecular weight is 225 g/mol. The molecule has 2 heterocycles. The van der Waals surface area contributed by atoms with Crippen LogP contribution in [0.3, 0.4) is 0 Å². The minimum Gasteiger partial charge on any atom is -0.370 e. The second kappa shape index (κ2) is 4.92. The van der Waals surface area contributed by atoms with Gasteiger partial charge in [0.15, 0.2) is 0 Å². The van der Waals surface area contributed by atoms with Crippen LogP contribution in [0.15, 0.2) is 0 Å². The summed E-state index contributed by atoms with van der Waals surface area (Å²) in [6, 6.07) is 0. The quantitative estimate of drug-likeness (QED) is 0.857. The Bertz CT molecular complexity index is 333. The van der Waals surface area contributed by atoms with Crippen LogP contribution in [0.4, 0.5) is 5.82 Å². The molecule has 0 fully saturated rings.